The lowest BCUT2D eigenvalue weighted by Gasteiger charge is -2.08. The van der Waals surface area contributed by atoms with Crippen LogP contribution in [0.15, 0.2) is 59.1 Å². The quantitative estimate of drug-likeness (QED) is 0.471. The molecule has 2 aromatic carbocycles. The number of tetrazole rings is 1. The molecule has 26 heavy (non-hydrogen) atoms. The van der Waals surface area contributed by atoms with Crippen LogP contribution < -0.4 is 0 Å². The summed E-state index contributed by atoms with van der Waals surface area (Å²) in [7, 11) is 0. The van der Waals surface area contributed by atoms with Gasteiger partial charge in [0.25, 0.3) is 0 Å². The second kappa shape index (κ2) is 7.39. The van der Waals surface area contributed by atoms with Gasteiger partial charge in [-0.3, -0.25) is 0 Å². The van der Waals surface area contributed by atoms with Crippen molar-refractivity contribution < 1.29 is 0 Å². The molecule has 5 nitrogen and oxygen atoms in total. The molecule has 0 saturated carbocycles. The second-order valence-electron chi connectivity index (χ2n) is 5.96. The summed E-state index contributed by atoms with van der Waals surface area (Å²) in [5, 5.41) is 16.1. The Morgan fingerprint density at radius 1 is 1.08 bits per heavy atom. The van der Waals surface area contributed by atoms with Crippen LogP contribution in [0, 0.1) is 13.8 Å². The number of hydrogen-bond donors (Lipinski definition) is 0. The van der Waals surface area contributed by atoms with Crippen LogP contribution >= 0.6 is 23.1 Å². The minimum atomic E-state index is 0.731. The molecule has 0 aliphatic heterocycles. The largest absolute Gasteiger partial charge is 0.240 e. The van der Waals surface area contributed by atoms with Crippen molar-refractivity contribution in [2.24, 2.45) is 0 Å². The topological polar surface area (TPSA) is 56.5 Å². The maximum Gasteiger partial charge on any atom is 0.214 e. The Labute approximate surface area is 160 Å². The Bertz CT molecular complexity index is 1020. The molecule has 0 radical (unpaired) electrons. The van der Waals surface area contributed by atoms with E-state index in [1.165, 1.54) is 5.56 Å². The van der Waals surface area contributed by atoms with E-state index >= 15 is 0 Å². The third-order valence-corrected chi connectivity index (χ3v) is 5.85. The first-order chi connectivity index (χ1) is 12.7. The van der Waals surface area contributed by atoms with E-state index in [1.54, 1.807) is 27.8 Å². The predicted octanol–water partition coefficient (Wildman–Crippen LogP) is 4.69. The number of hydrogen-bond acceptors (Lipinski definition) is 6. The summed E-state index contributed by atoms with van der Waals surface area (Å²) in [5.41, 5.74) is 5.53. The van der Waals surface area contributed by atoms with E-state index < -0.39 is 0 Å². The molecule has 130 valence electrons. The maximum absolute atomic E-state index is 4.73. The number of aromatic nitrogens is 5. The van der Waals surface area contributed by atoms with Crippen LogP contribution in [0.3, 0.4) is 0 Å². The average Bonchev–Trinajstić information content (AvgIpc) is 3.32. The lowest BCUT2D eigenvalue weighted by molar-refractivity contribution is 0.751. The predicted molar refractivity (Wildman–Crippen MR) is 106 cm³/mol. The Hall–Kier alpha value is -2.51. The molecule has 2 aromatic heterocycles. The normalized spacial score (nSPS) is 11.0. The van der Waals surface area contributed by atoms with E-state index in [0.717, 1.165) is 38.4 Å². The van der Waals surface area contributed by atoms with Crippen molar-refractivity contribution in [3.05, 3.63) is 70.7 Å². The fraction of sp³-hybridized carbons (Fsp3) is 0.158. The van der Waals surface area contributed by atoms with Gasteiger partial charge in [-0.25, -0.2) is 4.98 Å². The van der Waals surface area contributed by atoms with Crippen LogP contribution in [0.4, 0.5) is 0 Å². The summed E-state index contributed by atoms with van der Waals surface area (Å²) in [6, 6.07) is 16.5. The molecule has 7 heteroatoms. The zero-order valence-corrected chi connectivity index (χ0v) is 16.1. The van der Waals surface area contributed by atoms with Gasteiger partial charge in [0.15, 0.2) is 0 Å². The van der Waals surface area contributed by atoms with Crippen LogP contribution in [-0.2, 0) is 5.75 Å². The minimum absolute atomic E-state index is 0.731. The van der Waals surface area contributed by atoms with E-state index in [0.29, 0.717) is 0 Å². The Morgan fingerprint density at radius 3 is 2.77 bits per heavy atom. The lowest BCUT2D eigenvalue weighted by atomic mass is 10.1. The molecule has 4 aromatic rings. The third-order valence-electron chi connectivity index (χ3n) is 3.96. The van der Waals surface area contributed by atoms with E-state index in [9.17, 15) is 0 Å². The summed E-state index contributed by atoms with van der Waals surface area (Å²) in [6.07, 6.45) is 0. The summed E-state index contributed by atoms with van der Waals surface area (Å²) in [6.45, 7) is 4.14. The number of aryl methyl sites for hydroxylation is 2. The SMILES string of the molecule is Cc1ccc(C)c(-n2nnnc2SCc2csc(-c3ccccc3)n2)c1. The fourth-order valence-corrected chi connectivity index (χ4v) is 4.30. The second-order valence-corrected chi connectivity index (χ2v) is 7.76. The number of nitrogens with zero attached hydrogens (tertiary/aromatic N) is 5. The van der Waals surface area contributed by atoms with E-state index in [1.807, 2.05) is 18.2 Å². The van der Waals surface area contributed by atoms with Gasteiger partial charge in [-0.15, -0.1) is 16.4 Å². The first-order valence-electron chi connectivity index (χ1n) is 8.19. The van der Waals surface area contributed by atoms with Crippen molar-refractivity contribution >= 4 is 23.1 Å². The van der Waals surface area contributed by atoms with Crippen molar-refractivity contribution in [2.75, 3.05) is 0 Å². The summed E-state index contributed by atoms with van der Waals surface area (Å²) in [5.74, 6) is 0.731. The first kappa shape index (κ1) is 16.9. The van der Waals surface area contributed by atoms with Crippen LogP contribution in [-0.4, -0.2) is 25.2 Å². The number of thioether (sulfide) groups is 1. The van der Waals surface area contributed by atoms with Crippen LogP contribution in [0.25, 0.3) is 16.3 Å². The van der Waals surface area contributed by atoms with Gasteiger partial charge in [-0.2, -0.15) is 4.68 Å². The van der Waals surface area contributed by atoms with Crippen LogP contribution in [0.1, 0.15) is 16.8 Å². The zero-order chi connectivity index (χ0) is 17.9. The van der Waals surface area contributed by atoms with Gasteiger partial charge in [0, 0.05) is 16.7 Å². The number of thiazole rings is 1. The van der Waals surface area contributed by atoms with Gasteiger partial charge in [-0.1, -0.05) is 54.2 Å². The molecule has 0 N–H and O–H groups in total. The smallest absolute Gasteiger partial charge is 0.214 e. The molecule has 0 amide bonds. The highest BCUT2D eigenvalue weighted by Crippen LogP contribution is 2.28. The summed E-state index contributed by atoms with van der Waals surface area (Å²) < 4.78 is 1.80. The van der Waals surface area contributed by atoms with Crippen molar-refractivity contribution in [1.29, 1.82) is 0 Å². The van der Waals surface area contributed by atoms with E-state index in [2.05, 4.69) is 65.1 Å². The molecule has 0 fully saturated rings. The lowest BCUT2D eigenvalue weighted by Crippen LogP contribution is -2.02. The monoisotopic (exact) mass is 379 g/mol. The molecular formula is C19H17N5S2. The van der Waals surface area contributed by atoms with Gasteiger partial charge in [0.2, 0.25) is 5.16 Å². The molecule has 0 atom stereocenters. The minimum Gasteiger partial charge on any atom is -0.240 e. The van der Waals surface area contributed by atoms with Gasteiger partial charge < -0.3 is 0 Å². The average molecular weight is 380 g/mol. The molecule has 2 heterocycles. The summed E-state index contributed by atoms with van der Waals surface area (Å²) >= 11 is 3.26. The highest BCUT2D eigenvalue weighted by molar-refractivity contribution is 7.98. The van der Waals surface area contributed by atoms with Gasteiger partial charge in [-0.05, 0) is 41.5 Å². The number of benzene rings is 2. The van der Waals surface area contributed by atoms with Crippen molar-refractivity contribution in [1.82, 2.24) is 25.2 Å². The van der Waals surface area contributed by atoms with Gasteiger partial charge >= 0.3 is 0 Å². The molecule has 0 spiro atoms. The maximum atomic E-state index is 4.73. The highest BCUT2D eigenvalue weighted by Gasteiger charge is 2.13. The first-order valence-corrected chi connectivity index (χ1v) is 10.1. The number of rotatable bonds is 5. The fourth-order valence-electron chi connectivity index (χ4n) is 2.59. The molecule has 4 rings (SSSR count). The highest BCUT2D eigenvalue weighted by atomic mass is 32.2. The summed E-state index contributed by atoms with van der Waals surface area (Å²) in [4.78, 5) is 4.73. The van der Waals surface area contributed by atoms with Crippen molar-refractivity contribution in [3.63, 3.8) is 0 Å². The van der Waals surface area contributed by atoms with Gasteiger partial charge in [0.1, 0.15) is 5.01 Å². The third kappa shape index (κ3) is 3.54. The molecule has 0 bridgehead atoms. The standard InChI is InChI=1S/C19H17N5S2/c1-13-8-9-14(2)17(10-13)24-19(21-22-23-24)26-12-16-11-25-18(20-16)15-6-4-3-5-7-15/h3-11H,12H2,1-2H3. The molecular weight excluding hydrogens is 362 g/mol. The van der Waals surface area contributed by atoms with Gasteiger partial charge in [0.05, 0.1) is 11.4 Å². The van der Waals surface area contributed by atoms with E-state index in [-0.39, 0.29) is 0 Å². The Balaban J connectivity index is 1.52. The molecule has 0 saturated heterocycles. The Morgan fingerprint density at radius 2 is 1.92 bits per heavy atom. The van der Waals surface area contributed by atoms with Crippen molar-refractivity contribution in [2.45, 2.75) is 24.8 Å². The molecule has 0 aliphatic carbocycles. The molecule has 0 aliphatic rings. The van der Waals surface area contributed by atoms with Crippen LogP contribution in [0.5, 0.6) is 0 Å². The van der Waals surface area contributed by atoms with E-state index in [4.69, 9.17) is 4.98 Å². The Kier molecular flexibility index (Phi) is 4.81. The van der Waals surface area contributed by atoms with Crippen LogP contribution in [0.2, 0.25) is 0 Å². The zero-order valence-electron chi connectivity index (χ0n) is 14.5. The molecule has 0 unspecified atom stereocenters. The van der Waals surface area contributed by atoms with Crippen molar-refractivity contribution in [3.8, 4) is 16.3 Å².